The molecule has 0 N–H and O–H groups in total. The number of hydrogen-bond acceptors (Lipinski definition) is 5. The molecular weight excluding hydrogens is 406 g/mol. The summed E-state index contributed by atoms with van der Waals surface area (Å²) in [5.41, 5.74) is 4.15. The predicted molar refractivity (Wildman–Crippen MR) is 126 cm³/mol. The van der Waals surface area contributed by atoms with Crippen LogP contribution < -0.4 is 4.74 Å². The molecule has 0 aliphatic carbocycles. The minimum atomic E-state index is 0.110. The molecule has 0 saturated heterocycles. The van der Waals surface area contributed by atoms with E-state index in [1.54, 1.807) is 0 Å². The van der Waals surface area contributed by atoms with Gasteiger partial charge in [0.15, 0.2) is 16.8 Å². The Bertz CT molecular complexity index is 1030. The molecular formula is C25H31N3O2S. The summed E-state index contributed by atoms with van der Waals surface area (Å²) in [5.74, 6) is 2.46. The Morgan fingerprint density at radius 3 is 2.52 bits per heavy atom. The highest BCUT2D eigenvalue weighted by molar-refractivity contribution is 7.99. The second kappa shape index (κ2) is 10.6. The van der Waals surface area contributed by atoms with E-state index in [-0.39, 0.29) is 5.78 Å². The lowest BCUT2D eigenvalue weighted by Crippen LogP contribution is -2.13. The second-order valence-electron chi connectivity index (χ2n) is 8.22. The quantitative estimate of drug-likeness (QED) is 0.302. The summed E-state index contributed by atoms with van der Waals surface area (Å²) in [4.78, 5) is 12.8. The minimum absolute atomic E-state index is 0.110. The molecule has 31 heavy (non-hydrogen) atoms. The topological polar surface area (TPSA) is 57.0 Å². The van der Waals surface area contributed by atoms with Crippen molar-refractivity contribution in [1.82, 2.24) is 14.8 Å². The van der Waals surface area contributed by atoms with Crippen LogP contribution in [0.2, 0.25) is 0 Å². The van der Waals surface area contributed by atoms with E-state index < -0.39 is 0 Å². The van der Waals surface area contributed by atoms with Crippen molar-refractivity contribution in [3.63, 3.8) is 0 Å². The largest absolute Gasteiger partial charge is 0.486 e. The number of benzene rings is 2. The summed E-state index contributed by atoms with van der Waals surface area (Å²) >= 11 is 1.44. The number of ether oxygens (including phenoxy) is 1. The Kier molecular flexibility index (Phi) is 7.91. The number of rotatable bonds is 10. The molecule has 3 rings (SSSR count). The summed E-state index contributed by atoms with van der Waals surface area (Å²) in [6.45, 7) is 11.5. The molecule has 164 valence electrons. The van der Waals surface area contributed by atoms with Gasteiger partial charge in [-0.2, -0.15) is 0 Å². The van der Waals surface area contributed by atoms with Crippen LogP contribution in [0.3, 0.4) is 0 Å². The van der Waals surface area contributed by atoms with Crippen LogP contribution in [0.5, 0.6) is 5.75 Å². The lowest BCUT2D eigenvalue weighted by atomic mass is 10.0. The highest BCUT2D eigenvalue weighted by Gasteiger charge is 2.17. The number of thioether (sulfide) groups is 1. The van der Waals surface area contributed by atoms with Gasteiger partial charge in [-0.3, -0.25) is 4.79 Å². The van der Waals surface area contributed by atoms with Crippen molar-refractivity contribution in [3.8, 4) is 5.75 Å². The summed E-state index contributed by atoms with van der Waals surface area (Å²) in [7, 11) is 0. The summed E-state index contributed by atoms with van der Waals surface area (Å²) in [6.07, 6.45) is 1.00. The van der Waals surface area contributed by atoms with Crippen LogP contribution in [0.25, 0.3) is 0 Å². The van der Waals surface area contributed by atoms with Crippen molar-refractivity contribution in [2.24, 2.45) is 5.92 Å². The van der Waals surface area contributed by atoms with E-state index in [2.05, 4.69) is 47.7 Å². The fourth-order valence-electron chi connectivity index (χ4n) is 3.29. The van der Waals surface area contributed by atoms with Gasteiger partial charge in [0.1, 0.15) is 12.4 Å². The number of hydrogen-bond donors (Lipinski definition) is 0. The lowest BCUT2D eigenvalue weighted by molar-refractivity contribution is 0.102. The Morgan fingerprint density at radius 2 is 1.84 bits per heavy atom. The first kappa shape index (κ1) is 23.1. The van der Waals surface area contributed by atoms with Crippen LogP contribution in [-0.4, -0.2) is 26.3 Å². The Hall–Kier alpha value is -2.60. The van der Waals surface area contributed by atoms with Crippen molar-refractivity contribution in [3.05, 3.63) is 70.5 Å². The maximum absolute atomic E-state index is 12.8. The first-order chi connectivity index (χ1) is 14.9. The van der Waals surface area contributed by atoms with Gasteiger partial charge < -0.3 is 9.30 Å². The first-order valence-electron chi connectivity index (χ1n) is 10.7. The Morgan fingerprint density at radius 1 is 1.10 bits per heavy atom. The minimum Gasteiger partial charge on any atom is -0.486 e. The van der Waals surface area contributed by atoms with Crippen LogP contribution in [-0.2, 0) is 19.6 Å². The fourth-order valence-corrected chi connectivity index (χ4v) is 4.14. The van der Waals surface area contributed by atoms with Gasteiger partial charge >= 0.3 is 0 Å². The third-order valence-corrected chi connectivity index (χ3v) is 6.03. The number of carbonyl (C=O) groups is 1. The number of carbonyl (C=O) groups excluding carboxylic acids is 1. The number of aromatic nitrogens is 3. The monoisotopic (exact) mass is 437 g/mol. The molecule has 0 bridgehead atoms. The molecule has 0 fully saturated rings. The zero-order valence-electron chi connectivity index (χ0n) is 19.0. The van der Waals surface area contributed by atoms with E-state index >= 15 is 0 Å². The molecule has 0 unspecified atom stereocenters. The molecule has 0 saturated carbocycles. The molecule has 2 aromatic carbocycles. The standard InChI is InChI=1S/C25H31N3O2S/c1-6-20-9-11-21(12-10-20)30-15-24-26-27-25(28(24)14-17(2)3)31-16-23(29)22-13-18(4)7-8-19(22)5/h7-13,17H,6,14-16H2,1-5H3. The second-order valence-corrected chi connectivity index (χ2v) is 9.16. The number of ketones is 1. The van der Waals surface area contributed by atoms with Crippen LogP contribution >= 0.6 is 11.8 Å². The highest BCUT2D eigenvalue weighted by atomic mass is 32.2. The van der Waals surface area contributed by atoms with Crippen molar-refractivity contribution in [2.45, 2.75) is 59.3 Å². The molecule has 5 nitrogen and oxygen atoms in total. The molecule has 0 atom stereocenters. The molecule has 0 radical (unpaired) electrons. The predicted octanol–water partition coefficient (Wildman–Crippen LogP) is 5.67. The van der Waals surface area contributed by atoms with Crippen LogP contribution in [0.1, 0.15) is 53.6 Å². The van der Waals surface area contributed by atoms with Crippen molar-refractivity contribution >= 4 is 17.5 Å². The van der Waals surface area contributed by atoms with E-state index in [1.807, 2.05) is 44.2 Å². The third kappa shape index (κ3) is 6.20. The van der Waals surface area contributed by atoms with Crippen molar-refractivity contribution in [2.75, 3.05) is 5.75 Å². The third-order valence-electron chi connectivity index (χ3n) is 5.07. The zero-order valence-corrected chi connectivity index (χ0v) is 19.8. The lowest BCUT2D eigenvalue weighted by Gasteiger charge is -2.13. The maximum atomic E-state index is 12.8. The molecule has 1 aromatic heterocycles. The van der Waals surface area contributed by atoms with Gasteiger partial charge in [0.25, 0.3) is 0 Å². The van der Waals surface area contributed by atoms with E-state index in [4.69, 9.17) is 4.74 Å². The Balaban J connectivity index is 1.70. The van der Waals surface area contributed by atoms with E-state index in [1.165, 1.54) is 17.3 Å². The molecule has 6 heteroatoms. The van der Waals surface area contributed by atoms with Gasteiger partial charge in [0, 0.05) is 12.1 Å². The zero-order chi connectivity index (χ0) is 22.4. The van der Waals surface area contributed by atoms with E-state index in [0.717, 1.165) is 46.4 Å². The average molecular weight is 438 g/mol. The molecule has 1 heterocycles. The normalized spacial score (nSPS) is 11.2. The van der Waals surface area contributed by atoms with Gasteiger partial charge in [-0.25, -0.2) is 0 Å². The van der Waals surface area contributed by atoms with Gasteiger partial charge in [-0.15, -0.1) is 10.2 Å². The SMILES string of the molecule is CCc1ccc(OCc2nnc(SCC(=O)c3cc(C)ccc3C)n2CC(C)C)cc1. The van der Waals surface area contributed by atoms with Gasteiger partial charge in [0.2, 0.25) is 0 Å². The van der Waals surface area contributed by atoms with Gasteiger partial charge in [-0.05, 0) is 55.5 Å². The van der Waals surface area contributed by atoms with Crippen LogP contribution in [0.15, 0.2) is 47.6 Å². The summed E-state index contributed by atoms with van der Waals surface area (Å²) in [6, 6.07) is 14.1. The van der Waals surface area contributed by atoms with Crippen molar-refractivity contribution in [1.29, 1.82) is 0 Å². The number of nitrogens with zero attached hydrogens (tertiary/aromatic N) is 3. The highest BCUT2D eigenvalue weighted by Crippen LogP contribution is 2.22. The van der Waals surface area contributed by atoms with Gasteiger partial charge in [0.05, 0.1) is 5.75 Å². The molecule has 0 amide bonds. The fraction of sp³-hybridized carbons (Fsp3) is 0.400. The maximum Gasteiger partial charge on any atom is 0.191 e. The molecule has 3 aromatic rings. The average Bonchev–Trinajstić information content (AvgIpc) is 3.13. The van der Waals surface area contributed by atoms with E-state index in [9.17, 15) is 4.79 Å². The summed E-state index contributed by atoms with van der Waals surface area (Å²) in [5, 5.41) is 9.47. The smallest absolute Gasteiger partial charge is 0.191 e. The molecule has 0 aliphatic rings. The molecule has 0 aliphatic heterocycles. The van der Waals surface area contributed by atoms with Gasteiger partial charge in [-0.1, -0.05) is 62.4 Å². The van der Waals surface area contributed by atoms with E-state index in [0.29, 0.717) is 18.3 Å². The molecule has 0 spiro atoms. The first-order valence-corrected chi connectivity index (χ1v) is 11.7. The Labute approximate surface area is 189 Å². The number of aryl methyl sites for hydroxylation is 3. The summed E-state index contributed by atoms with van der Waals surface area (Å²) < 4.78 is 8.03. The van der Waals surface area contributed by atoms with Crippen LogP contribution in [0, 0.1) is 19.8 Å². The van der Waals surface area contributed by atoms with Crippen LogP contribution in [0.4, 0.5) is 0 Å². The van der Waals surface area contributed by atoms with Crippen molar-refractivity contribution < 1.29 is 9.53 Å². The number of Topliss-reactive ketones (excluding diaryl/α,β-unsaturated/α-hetero) is 1.